The minimum Gasteiger partial charge on any atom is -0.326 e. The Morgan fingerprint density at radius 1 is 1.21 bits per heavy atom. The van der Waals surface area contributed by atoms with Crippen molar-refractivity contribution in [1.82, 2.24) is 0 Å². The van der Waals surface area contributed by atoms with E-state index in [1.165, 1.54) is 12.1 Å². The Hall–Kier alpha value is -2.69. The van der Waals surface area contributed by atoms with Crippen LogP contribution in [-0.2, 0) is 9.59 Å². The van der Waals surface area contributed by atoms with Gasteiger partial charge in [0.15, 0.2) is 0 Å². The lowest BCUT2D eigenvalue weighted by Gasteiger charge is -2.33. The number of fused-ring (bicyclic) bond motifs is 1. The van der Waals surface area contributed by atoms with Gasteiger partial charge in [-0.3, -0.25) is 9.59 Å². The van der Waals surface area contributed by atoms with Gasteiger partial charge in [-0.25, -0.2) is 4.39 Å². The molecule has 5 heteroatoms. The highest BCUT2D eigenvalue weighted by Crippen LogP contribution is 2.35. The summed E-state index contributed by atoms with van der Waals surface area (Å²) in [6.45, 7) is 3.86. The van der Waals surface area contributed by atoms with Gasteiger partial charge in [0.05, 0.1) is 5.92 Å². The number of carbonyl (C=O) groups excluding carboxylic acids is 2. The van der Waals surface area contributed by atoms with E-state index in [0.29, 0.717) is 11.3 Å². The average molecular weight is 326 g/mol. The van der Waals surface area contributed by atoms with Crippen molar-refractivity contribution >= 4 is 23.2 Å². The molecule has 2 amide bonds. The predicted octanol–water partition coefficient (Wildman–Crippen LogP) is 3.69. The van der Waals surface area contributed by atoms with Gasteiger partial charge in [-0.05, 0) is 43.7 Å². The highest BCUT2D eigenvalue weighted by Gasteiger charge is 2.35. The van der Waals surface area contributed by atoms with E-state index in [4.69, 9.17) is 0 Å². The van der Waals surface area contributed by atoms with Crippen LogP contribution in [0.4, 0.5) is 15.8 Å². The summed E-state index contributed by atoms with van der Waals surface area (Å²) < 4.78 is 13.5. The largest absolute Gasteiger partial charge is 0.326 e. The Balaban J connectivity index is 2.01. The van der Waals surface area contributed by atoms with E-state index in [1.54, 1.807) is 11.0 Å². The van der Waals surface area contributed by atoms with Crippen molar-refractivity contribution in [2.75, 3.05) is 10.2 Å². The normalized spacial score (nSPS) is 16.5. The maximum Gasteiger partial charge on any atom is 0.235 e. The fourth-order valence-electron chi connectivity index (χ4n) is 3.09. The van der Waals surface area contributed by atoms with Crippen LogP contribution in [0.25, 0.3) is 0 Å². The van der Waals surface area contributed by atoms with E-state index in [9.17, 15) is 14.0 Å². The van der Waals surface area contributed by atoms with Crippen molar-refractivity contribution in [2.45, 2.75) is 32.2 Å². The van der Waals surface area contributed by atoms with Gasteiger partial charge >= 0.3 is 0 Å². The molecule has 3 rings (SSSR count). The molecular formula is C19H19FN2O2. The lowest BCUT2D eigenvalue weighted by molar-refractivity contribution is -0.124. The first-order valence-corrected chi connectivity index (χ1v) is 7.95. The lowest BCUT2D eigenvalue weighted by atomic mass is 9.88. The van der Waals surface area contributed by atoms with Crippen LogP contribution in [0.2, 0.25) is 0 Å². The average Bonchev–Trinajstić information content (AvgIpc) is 2.54. The Bertz CT molecular complexity index is 774. The van der Waals surface area contributed by atoms with E-state index in [0.717, 1.165) is 5.69 Å². The van der Waals surface area contributed by atoms with E-state index >= 15 is 0 Å². The van der Waals surface area contributed by atoms with Crippen molar-refractivity contribution in [3.63, 3.8) is 0 Å². The molecule has 1 atom stereocenters. The van der Waals surface area contributed by atoms with Gasteiger partial charge in [-0.1, -0.05) is 24.3 Å². The fraction of sp³-hybridized carbons (Fsp3) is 0.263. The van der Waals surface area contributed by atoms with Gasteiger partial charge < -0.3 is 10.2 Å². The maximum atomic E-state index is 13.5. The monoisotopic (exact) mass is 326 g/mol. The Morgan fingerprint density at radius 3 is 2.58 bits per heavy atom. The third-order valence-corrected chi connectivity index (χ3v) is 4.14. The molecule has 0 aliphatic carbocycles. The van der Waals surface area contributed by atoms with Gasteiger partial charge in [0.1, 0.15) is 5.82 Å². The summed E-state index contributed by atoms with van der Waals surface area (Å²) >= 11 is 0. The summed E-state index contributed by atoms with van der Waals surface area (Å²) in [7, 11) is 0. The molecule has 124 valence electrons. The van der Waals surface area contributed by atoms with E-state index in [1.807, 2.05) is 44.2 Å². The Labute approximate surface area is 140 Å². The molecule has 2 aromatic rings. The maximum absolute atomic E-state index is 13.5. The van der Waals surface area contributed by atoms with E-state index < -0.39 is 11.7 Å². The van der Waals surface area contributed by atoms with Crippen LogP contribution in [0.5, 0.6) is 0 Å². The first kappa shape index (κ1) is 16.2. The number of para-hydroxylation sites is 1. The van der Waals surface area contributed by atoms with Crippen LogP contribution in [-0.4, -0.2) is 17.9 Å². The standard InChI is InChI=1S/C19H19FN2O2/c1-12(2)22(14-6-4-3-5-7-14)19(24)16-11-18(23)21-17-10-13(20)8-9-15(16)17/h3-10,12,16H,11H2,1-2H3,(H,21,23)/t16-/m1/s1. The second-order valence-corrected chi connectivity index (χ2v) is 6.17. The van der Waals surface area contributed by atoms with Crippen LogP contribution in [0.1, 0.15) is 31.7 Å². The molecular weight excluding hydrogens is 307 g/mol. The molecule has 0 spiro atoms. The second kappa shape index (κ2) is 6.43. The van der Waals surface area contributed by atoms with Gasteiger partial charge in [-0.15, -0.1) is 0 Å². The van der Waals surface area contributed by atoms with Crippen molar-refractivity contribution in [1.29, 1.82) is 0 Å². The molecule has 0 fully saturated rings. The number of hydrogen-bond acceptors (Lipinski definition) is 2. The van der Waals surface area contributed by atoms with Gasteiger partial charge in [-0.2, -0.15) is 0 Å². The highest BCUT2D eigenvalue weighted by molar-refractivity contribution is 6.06. The third kappa shape index (κ3) is 3.02. The number of halogens is 1. The number of carbonyl (C=O) groups is 2. The molecule has 2 aromatic carbocycles. The fourth-order valence-corrected chi connectivity index (χ4v) is 3.09. The van der Waals surface area contributed by atoms with Gasteiger partial charge in [0.2, 0.25) is 11.8 Å². The van der Waals surface area contributed by atoms with Crippen molar-refractivity contribution in [3.05, 3.63) is 59.9 Å². The van der Waals surface area contributed by atoms with Gasteiger partial charge in [0.25, 0.3) is 0 Å². The van der Waals surface area contributed by atoms with Crippen molar-refractivity contribution in [2.24, 2.45) is 0 Å². The van der Waals surface area contributed by atoms with Gasteiger partial charge in [0, 0.05) is 23.8 Å². The minimum atomic E-state index is -0.614. The van der Waals surface area contributed by atoms with Crippen LogP contribution >= 0.6 is 0 Å². The topological polar surface area (TPSA) is 49.4 Å². The smallest absolute Gasteiger partial charge is 0.235 e. The van der Waals surface area contributed by atoms with E-state index in [2.05, 4.69) is 5.32 Å². The summed E-state index contributed by atoms with van der Waals surface area (Å²) in [5, 5.41) is 2.64. The van der Waals surface area contributed by atoms with Crippen LogP contribution < -0.4 is 10.2 Å². The molecule has 4 nitrogen and oxygen atoms in total. The quantitative estimate of drug-likeness (QED) is 0.935. The van der Waals surface area contributed by atoms with Crippen LogP contribution in [0, 0.1) is 5.82 Å². The first-order chi connectivity index (χ1) is 11.5. The second-order valence-electron chi connectivity index (χ2n) is 6.17. The number of amides is 2. The number of hydrogen-bond donors (Lipinski definition) is 1. The number of anilines is 2. The first-order valence-electron chi connectivity index (χ1n) is 7.95. The van der Waals surface area contributed by atoms with Crippen molar-refractivity contribution in [3.8, 4) is 0 Å². The zero-order valence-corrected chi connectivity index (χ0v) is 13.6. The molecule has 24 heavy (non-hydrogen) atoms. The number of benzene rings is 2. The molecule has 1 heterocycles. The molecule has 0 unspecified atom stereocenters. The molecule has 1 aliphatic rings. The molecule has 0 aromatic heterocycles. The summed E-state index contributed by atoms with van der Waals surface area (Å²) in [6, 6.07) is 13.5. The molecule has 0 radical (unpaired) electrons. The SMILES string of the molecule is CC(C)N(C(=O)[C@@H]1CC(=O)Nc2cc(F)ccc21)c1ccccc1. The molecule has 1 N–H and O–H groups in total. The number of rotatable bonds is 3. The summed E-state index contributed by atoms with van der Waals surface area (Å²) in [5.41, 5.74) is 1.82. The number of nitrogens with zero attached hydrogens (tertiary/aromatic N) is 1. The summed E-state index contributed by atoms with van der Waals surface area (Å²) in [5.74, 6) is -1.48. The summed E-state index contributed by atoms with van der Waals surface area (Å²) in [4.78, 5) is 26.9. The third-order valence-electron chi connectivity index (χ3n) is 4.14. The summed E-state index contributed by atoms with van der Waals surface area (Å²) in [6.07, 6.45) is 0.0630. The Morgan fingerprint density at radius 2 is 1.92 bits per heavy atom. The minimum absolute atomic E-state index is 0.0613. The molecule has 1 aliphatic heterocycles. The molecule has 0 bridgehead atoms. The van der Waals surface area contributed by atoms with Crippen LogP contribution in [0.3, 0.4) is 0 Å². The lowest BCUT2D eigenvalue weighted by Crippen LogP contribution is -2.42. The van der Waals surface area contributed by atoms with Crippen LogP contribution in [0.15, 0.2) is 48.5 Å². The zero-order chi connectivity index (χ0) is 17.3. The Kier molecular flexibility index (Phi) is 4.34. The highest BCUT2D eigenvalue weighted by atomic mass is 19.1. The van der Waals surface area contributed by atoms with E-state index in [-0.39, 0.29) is 24.3 Å². The van der Waals surface area contributed by atoms with Crippen molar-refractivity contribution < 1.29 is 14.0 Å². The predicted molar refractivity (Wildman–Crippen MR) is 91.5 cm³/mol. The molecule has 0 saturated heterocycles. The molecule has 0 saturated carbocycles. The number of nitrogens with one attached hydrogen (secondary N) is 1. The zero-order valence-electron chi connectivity index (χ0n) is 13.6.